The zero-order valence-electron chi connectivity index (χ0n) is 11.0. The SMILES string of the molecule is N#Cc1ccc(Oc2ccc(B(O)O)cc2C(F)(F)F)cc1. The van der Waals surface area contributed by atoms with Crippen LogP contribution in [0, 0.1) is 11.3 Å². The Hall–Kier alpha value is -2.50. The lowest BCUT2D eigenvalue weighted by molar-refractivity contribution is -0.138. The molecule has 0 aliphatic heterocycles. The van der Waals surface area contributed by atoms with E-state index < -0.39 is 24.6 Å². The van der Waals surface area contributed by atoms with E-state index in [0.29, 0.717) is 11.6 Å². The Morgan fingerprint density at radius 3 is 2.18 bits per heavy atom. The highest BCUT2D eigenvalue weighted by Crippen LogP contribution is 2.37. The van der Waals surface area contributed by atoms with E-state index in [1.165, 1.54) is 24.3 Å². The van der Waals surface area contributed by atoms with Crippen LogP contribution in [0.4, 0.5) is 13.2 Å². The fraction of sp³-hybridized carbons (Fsp3) is 0.0714. The van der Waals surface area contributed by atoms with Crippen LogP contribution < -0.4 is 10.2 Å². The van der Waals surface area contributed by atoms with Gasteiger partial charge in [0.25, 0.3) is 0 Å². The van der Waals surface area contributed by atoms with Crippen LogP contribution in [0.1, 0.15) is 11.1 Å². The number of hydrogen-bond donors (Lipinski definition) is 2. The first-order valence-corrected chi connectivity index (χ1v) is 6.06. The Balaban J connectivity index is 2.39. The molecule has 4 nitrogen and oxygen atoms in total. The molecule has 2 aromatic carbocycles. The van der Waals surface area contributed by atoms with Crippen LogP contribution in [0.15, 0.2) is 42.5 Å². The number of alkyl halides is 3. The first kappa shape index (κ1) is 15.9. The normalized spacial score (nSPS) is 10.9. The van der Waals surface area contributed by atoms with Gasteiger partial charge in [0.05, 0.1) is 17.2 Å². The van der Waals surface area contributed by atoms with Gasteiger partial charge in [0.15, 0.2) is 0 Å². The Labute approximate surface area is 124 Å². The molecule has 2 rings (SSSR count). The minimum atomic E-state index is -4.72. The van der Waals surface area contributed by atoms with E-state index in [2.05, 4.69) is 0 Å². The maximum atomic E-state index is 13.0. The lowest BCUT2D eigenvalue weighted by Gasteiger charge is -2.15. The predicted molar refractivity (Wildman–Crippen MR) is 72.5 cm³/mol. The topological polar surface area (TPSA) is 73.5 Å². The van der Waals surface area contributed by atoms with Crippen LogP contribution in [0.5, 0.6) is 11.5 Å². The summed E-state index contributed by atoms with van der Waals surface area (Å²) in [6.45, 7) is 0. The van der Waals surface area contributed by atoms with Crippen LogP contribution in [0.25, 0.3) is 0 Å². The van der Waals surface area contributed by atoms with Crippen molar-refractivity contribution < 1.29 is 28.0 Å². The van der Waals surface area contributed by atoms with Crippen LogP contribution in [0.3, 0.4) is 0 Å². The van der Waals surface area contributed by atoms with Gasteiger partial charge in [-0.2, -0.15) is 18.4 Å². The van der Waals surface area contributed by atoms with Gasteiger partial charge in [0.1, 0.15) is 11.5 Å². The Kier molecular flexibility index (Phi) is 4.40. The second-order valence-corrected chi connectivity index (χ2v) is 4.37. The molecule has 22 heavy (non-hydrogen) atoms. The van der Waals surface area contributed by atoms with Gasteiger partial charge in [-0.25, -0.2) is 0 Å². The molecular weight excluding hydrogens is 298 g/mol. The minimum Gasteiger partial charge on any atom is -0.457 e. The van der Waals surface area contributed by atoms with E-state index in [1.54, 1.807) is 0 Å². The third-order valence-corrected chi connectivity index (χ3v) is 2.82. The number of benzene rings is 2. The lowest BCUT2D eigenvalue weighted by atomic mass is 9.79. The smallest absolute Gasteiger partial charge is 0.457 e. The molecule has 0 aliphatic rings. The van der Waals surface area contributed by atoms with Crippen LogP contribution >= 0.6 is 0 Å². The molecule has 0 fully saturated rings. The fourth-order valence-corrected chi connectivity index (χ4v) is 1.74. The zero-order chi connectivity index (χ0) is 16.3. The summed E-state index contributed by atoms with van der Waals surface area (Å²) in [4.78, 5) is 0. The van der Waals surface area contributed by atoms with Crippen LogP contribution in [-0.4, -0.2) is 17.2 Å². The zero-order valence-corrected chi connectivity index (χ0v) is 11.0. The van der Waals surface area contributed by atoms with E-state index in [9.17, 15) is 13.2 Å². The third-order valence-electron chi connectivity index (χ3n) is 2.82. The predicted octanol–water partition coefficient (Wildman–Crippen LogP) is 2.05. The monoisotopic (exact) mass is 307 g/mol. The highest BCUT2D eigenvalue weighted by Gasteiger charge is 2.35. The fourth-order valence-electron chi connectivity index (χ4n) is 1.74. The van der Waals surface area contributed by atoms with Gasteiger partial charge in [0, 0.05) is 0 Å². The van der Waals surface area contributed by atoms with Crippen molar-refractivity contribution in [1.29, 1.82) is 5.26 Å². The molecule has 0 unspecified atom stereocenters. The maximum Gasteiger partial charge on any atom is 0.488 e. The van der Waals surface area contributed by atoms with Crippen molar-refractivity contribution in [3.05, 3.63) is 53.6 Å². The number of ether oxygens (including phenoxy) is 1. The summed E-state index contributed by atoms with van der Waals surface area (Å²) >= 11 is 0. The second-order valence-electron chi connectivity index (χ2n) is 4.37. The largest absolute Gasteiger partial charge is 0.488 e. The minimum absolute atomic E-state index is 0.127. The summed E-state index contributed by atoms with van der Waals surface area (Å²) in [5.74, 6) is -0.344. The van der Waals surface area contributed by atoms with E-state index in [1.807, 2.05) is 6.07 Å². The van der Waals surface area contributed by atoms with E-state index in [-0.39, 0.29) is 11.2 Å². The molecule has 8 heteroatoms. The molecule has 2 N–H and O–H groups in total. The average molecular weight is 307 g/mol. The molecule has 0 amide bonds. The van der Waals surface area contributed by atoms with E-state index in [0.717, 1.165) is 12.1 Å². The summed E-state index contributed by atoms with van der Waals surface area (Å²) in [5, 5.41) is 26.6. The van der Waals surface area contributed by atoms with Crippen molar-refractivity contribution >= 4 is 12.6 Å². The summed E-state index contributed by atoms with van der Waals surface area (Å²) < 4.78 is 44.3. The number of nitriles is 1. The van der Waals surface area contributed by atoms with Gasteiger partial charge in [-0.3, -0.25) is 0 Å². The lowest BCUT2D eigenvalue weighted by Crippen LogP contribution is -2.30. The van der Waals surface area contributed by atoms with Gasteiger partial charge in [-0.1, -0.05) is 6.07 Å². The van der Waals surface area contributed by atoms with Crippen molar-refractivity contribution in [2.24, 2.45) is 0 Å². The first-order chi connectivity index (χ1) is 10.3. The molecule has 0 bridgehead atoms. The number of halogens is 3. The molecule has 0 saturated heterocycles. The average Bonchev–Trinajstić information content (AvgIpc) is 2.47. The summed E-state index contributed by atoms with van der Waals surface area (Å²) in [7, 11) is -2.01. The van der Waals surface area contributed by atoms with Gasteiger partial charge >= 0.3 is 13.3 Å². The standard InChI is InChI=1S/C14H9BF3NO3/c16-14(17,18)12-7-10(15(20)21)3-6-13(12)22-11-4-1-9(8-19)2-5-11/h1-7,20-21H. The molecule has 112 valence electrons. The third kappa shape index (κ3) is 3.58. The molecule has 2 aromatic rings. The molecule has 0 aromatic heterocycles. The van der Waals surface area contributed by atoms with Gasteiger partial charge in [0.2, 0.25) is 0 Å². The Morgan fingerprint density at radius 2 is 1.68 bits per heavy atom. The molecule has 0 spiro atoms. The molecule has 0 aliphatic carbocycles. The second kappa shape index (κ2) is 6.09. The quantitative estimate of drug-likeness (QED) is 0.851. The van der Waals surface area contributed by atoms with Crippen molar-refractivity contribution in [1.82, 2.24) is 0 Å². The summed E-state index contributed by atoms with van der Waals surface area (Å²) in [6, 6.07) is 10.2. The highest BCUT2D eigenvalue weighted by molar-refractivity contribution is 6.58. The van der Waals surface area contributed by atoms with Gasteiger partial charge in [-0.15, -0.1) is 0 Å². The number of nitrogens with zero attached hydrogens (tertiary/aromatic N) is 1. The maximum absolute atomic E-state index is 13.0. The van der Waals surface area contributed by atoms with Crippen molar-refractivity contribution in [2.75, 3.05) is 0 Å². The van der Waals surface area contributed by atoms with Gasteiger partial charge < -0.3 is 14.8 Å². The van der Waals surface area contributed by atoms with Crippen molar-refractivity contribution in [3.63, 3.8) is 0 Å². The molecule has 0 atom stereocenters. The number of hydrogen-bond acceptors (Lipinski definition) is 4. The van der Waals surface area contributed by atoms with Crippen molar-refractivity contribution in [2.45, 2.75) is 6.18 Å². The van der Waals surface area contributed by atoms with E-state index in [4.69, 9.17) is 20.0 Å². The molecule has 0 saturated carbocycles. The summed E-state index contributed by atoms with van der Waals surface area (Å²) in [6.07, 6.45) is -4.72. The molecular formula is C14H9BF3NO3. The Bertz CT molecular complexity index is 709. The van der Waals surface area contributed by atoms with E-state index >= 15 is 0 Å². The molecule has 0 radical (unpaired) electrons. The van der Waals surface area contributed by atoms with Gasteiger partial charge in [-0.05, 0) is 41.9 Å². The molecule has 0 heterocycles. The number of rotatable bonds is 3. The highest BCUT2D eigenvalue weighted by atomic mass is 19.4. The van der Waals surface area contributed by atoms with Crippen molar-refractivity contribution in [3.8, 4) is 17.6 Å². The van der Waals surface area contributed by atoms with Crippen LogP contribution in [0.2, 0.25) is 0 Å². The Morgan fingerprint density at radius 1 is 1.05 bits per heavy atom. The first-order valence-electron chi connectivity index (χ1n) is 6.06. The summed E-state index contributed by atoms with van der Waals surface area (Å²) in [5.41, 5.74) is -1.07. The van der Waals surface area contributed by atoms with Crippen LogP contribution in [-0.2, 0) is 6.18 Å².